The molecule has 0 fully saturated rings. The Kier molecular flexibility index (Phi) is 3.01. The molecule has 4 heteroatoms. The van der Waals surface area contributed by atoms with Gasteiger partial charge in [-0.05, 0) is 43.2 Å². The van der Waals surface area contributed by atoms with E-state index in [1.54, 1.807) is 12.3 Å². The summed E-state index contributed by atoms with van der Waals surface area (Å²) in [5.74, 6) is 0.439. The van der Waals surface area contributed by atoms with Gasteiger partial charge in [0.1, 0.15) is 11.8 Å². The quantitative estimate of drug-likeness (QED) is 0.851. The highest BCUT2D eigenvalue weighted by atomic mass is 15.1. The molecule has 4 nitrogen and oxygen atoms in total. The minimum Gasteiger partial charge on any atom is -0.324 e. The van der Waals surface area contributed by atoms with Gasteiger partial charge in [0.2, 0.25) is 5.95 Å². The maximum atomic E-state index is 8.75. The van der Waals surface area contributed by atoms with Gasteiger partial charge in [0.15, 0.2) is 0 Å². The summed E-state index contributed by atoms with van der Waals surface area (Å²) in [7, 11) is 0. The summed E-state index contributed by atoms with van der Waals surface area (Å²) in [4.78, 5) is 8.13. The van der Waals surface area contributed by atoms with Crippen molar-refractivity contribution >= 4 is 11.6 Å². The second-order valence-corrected chi connectivity index (χ2v) is 3.88. The molecule has 0 aliphatic rings. The lowest BCUT2D eigenvalue weighted by molar-refractivity contribution is 1.14. The Morgan fingerprint density at radius 2 is 1.88 bits per heavy atom. The van der Waals surface area contributed by atoms with Crippen molar-refractivity contribution in [1.82, 2.24) is 9.97 Å². The number of nitrogens with one attached hydrogen (secondary N) is 1. The van der Waals surface area contributed by atoms with Crippen LogP contribution in [0.1, 0.15) is 16.8 Å². The molecule has 2 rings (SSSR count). The molecule has 0 saturated carbocycles. The van der Waals surface area contributed by atoms with E-state index in [0.29, 0.717) is 11.6 Å². The number of aryl methyl sites for hydroxylation is 2. The molecular formula is C13H12N4. The average molecular weight is 224 g/mol. The van der Waals surface area contributed by atoms with Crippen molar-refractivity contribution in [3.8, 4) is 6.07 Å². The van der Waals surface area contributed by atoms with Gasteiger partial charge in [-0.1, -0.05) is 6.07 Å². The number of anilines is 2. The predicted octanol–water partition coefficient (Wildman–Crippen LogP) is 2.71. The first kappa shape index (κ1) is 11.1. The molecule has 84 valence electrons. The predicted molar refractivity (Wildman–Crippen MR) is 65.9 cm³/mol. The Labute approximate surface area is 100.0 Å². The van der Waals surface area contributed by atoms with Gasteiger partial charge in [-0.25, -0.2) is 9.97 Å². The Hall–Kier alpha value is -2.41. The van der Waals surface area contributed by atoms with E-state index >= 15 is 0 Å². The van der Waals surface area contributed by atoms with E-state index < -0.39 is 0 Å². The molecule has 0 amide bonds. The van der Waals surface area contributed by atoms with Crippen molar-refractivity contribution in [1.29, 1.82) is 5.26 Å². The molecule has 0 aliphatic heterocycles. The van der Waals surface area contributed by atoms with E-state index in [9.17, 15) is 0 Å². The van der Waals surface area contributed by atoms with Crippen molar-refractivity contribution in [2.75, 3.05) is 5.32 Å². The average Bonchev–Trinajstić information content (AvgIpc) is 2.28. The van der Waals surface area contributed by atoms with Gasteiger partial charge in [-0.2, -0.15) is 5.26 Å². The van der Waals surface area contributed by atoms with Gasteiger partial charge < -0.3 is 5.32 Å². The third kappa shape index (κ3) is 2.79. The number of nitriles is 1. The minimum absolute atomic E-state index is 0.354. The lowest BCUT2D eigenvalue weighted by Gasteiger charge is -2.06. The lowest BCUT2D eigenvalue weighted by Crippen LogP contribution is -1.98. The fourth-order valence-electron chi connectivity index (χ4n) is 1.66. The first-order valence-electron chi connectivity index (χ1n) is 5.26. The van der Waals surface area contributed by atoms with Crippen LogP contribution in [0.25, 0.3) is 0 Å². The number of rotatable bonds is 2. The molecule has 1 aromatic heterocycles. The zero-order valence-corrected chi connectivity index (χ0v) is 9.73. The van der Waals surface area contributed by atoms with Gasteiger partial charge in [0, 0.05) is 11.9 Å². The largest absolute Gasteiger partial charge is 0.324 e. The molecule has 0 bridgehead atoms. The van der Waals surface area contributed by atoms with Crippen LogP contribution in [0.2, 0.25) is 0 Å². The first-order valence-corrected chi connectivity index (χ1v) is 5.26. The van der Waals surface area contributed by atoms with Gasteiger partial charge >= 0.3 is 0 Å². The Balaban J connectivity index is 2.28. The van der Waals surface area contributed by atoms with Crippen molar-refractivity contribution in [3.63, 3.8) is 0 Å². The number of aromatic nitrogens is 2. The third-order valence-corrected chi connectivity index (χ3v) is 2.25. The molecule has 0 saturated heterocycles. The molecular weight excluding hydrogens is 212 g/mol. The van der Waals surface area contributed by atoms with Crippen LogP contribution in [0, 0.1) is 25.2 Å². The normalized spacial score (nSPS) is 9.71. The van der Waals surface area contributed by atoms with Crippen LogP contribution in [-0.4, -0.2) is 9.97 Å². The van der Waals surface area contributed by atoms with Gasteiger partial charge in [-0.15, -0.1) is 0 Å². The van der Waals surface area contributed by atoms with Crippen molar-refractivity contribution < 1.29 is 0 Å². The first-order chi connectivity index (χ1) is 8.17. The summed E-state index contributed by atoms with van der Waals surface area (Å²) in [6, 6.07) is 9.67. The van der Waals surface area contributed by atoms with E-state index in [2.05, 4.69) is 21.4 Å². The van der Waals surface area contributed by atoms with Crippen LogP contribution >= 0.6 is 0 Å². The van der Waals surface area contributed by atoms with Crippen molar-refractivity contribution in [2.45, 2.75) is 13.8 Å². The van der Waals surface area contributed by atoms with E-state index in [1.807, 2.05) is 32.0 Å². The molecule has 0 aliphatic carbocycles. The van der Waals surface area contributed by atoms with Crippen LogP contribution < -0.4 is 5.32 Å². The van der Waals surface area contributed by atoms with Crippen LogP contribution in [0.5, 0.6) is 0 Å². The molecule has 1 heterocycles. The van der Waals surface area contributed by atoms with Crippen LogP contribution in [0.15, 0.2) is 30.5 Å². The smallest absolute Gasteiger partial charge is 0.228 e. The molecule has 0 spiro atoms. The highest BCUT2D eigenvalue weighted by Gasteiger charge is 2.00. The monoisotopic (exact) mass is 224 g/mol. The molecule has 2 aromatic rings. The number of benzene rings is 1. The maximum absolute atomic E-state index is 8.75. The molecule has 1 N–H and O–H groups in total. The Morgan fingerprint density at radius 1 is 1.18 bits per heavy atom. The zero-order valence-electron chi connectivity index (χ0n) is 9.73. The maximum Gasteiger partial charge on any atom is 0.228 e. The zero-order chi connectivity index (χ0) is 12.3. The minimum atomic E-state index is 0.354. The lowest BCUT2D eigenvalue weighted by atomic mass is 10.1. The summed E-state index contributed by atoms with van der Waals surface area (Å²) in [6.45, 7) is 4.06. The highest BCUT2D eigenvalue weighted by molar-refractivity contribution is 5.56. The Bertz CT molecular complexity index is 564. The Morgan fingerprint density at radius 3 is 2.53 bits per heavy atom. The number of nitrogens with zero attached hydrogens (tertiary/aromatic N) is 3. The second kappa shape index (κ2) is 4.62. The molecule has 17 heavy (non-hydrogen) atoms. The third-order valence-electron chi connectivity index (χ3n) is 2.25. The fraction of sp³-hybridized carbons (Fsp3) is 0.154. The highest BCUT2D eigenvalue weighted by Crippen LogP contribution is 2.16. The molecule has 0 atom stereocenters. The second-order valence-electron chi connectivity index (χ2n) is 3.88. The number of hydrogen-bond acceptors (Lipinski definition) is 4. The van der Waals surface area contributed by atoms with Crippen molar-refractivity contribution in [2.24, 2.45) is 0 Å². The standard InChI is InChI=1S/C13H12N4/c1-9-5-10(2)7-12(6-9)17-13-15-4-3-11(8-14)16-13/h3-7H,1-2H3,(H,15,16,17). The van der Waals surface area contributed by atoms with E-state index in [4.69, 9.17) is 5.26 Å². The van der Waals surface area contributed by atoms with Gasteiger partial charge in [0.05, 0.1) is 0 Å². The molecule has 0 radical (unpaired) electrons. The molecule has 1 aromatic carbocycles. The molecule has 0 unspecified atom stereocenters. The fourth-order valence-corrected chi connectivity index (χ4v) is 1.66. The van der Waals surface area contributed by atoms with Crippen LogP contribution in [0.3, 0.4) is 0 Å². The van der Waals surface area contributed by atoms with Gasteiger partial charge in [-0.3, -0.25) is 0 Å². The topological polar surface area (TPSA) is 61.6 Å². The summed E-state index contributed by atoms with van der Waals surface area (Å²) in [6.07, 6.45) is 1.57. The van der Waals surface area contributed by atoms with E-state index in [1.165, 1.54) is 11.1 Å². The summed E-state index contributed by atoms with van der Waals surface area (Å²) >= 11 is 0. The van der Waals surface area contributed by atoms with Crippen LogP contribution in [0.4, 0.5) is 11.6 Å². The number of hydrogen-bond donors (Lipinski definition) is 1. The van der Waals surface area contributed by atoms with Crippen molar-refractivity contribution in [3.05, 3.63) is 47.3 Å². The van der Waals surface area contributed by atoms with Gasteiger partial charge in [0.25, 0.3) is 0 Å². The van der Waals surface area contributed by atoms with Crippen LogP contribution in [-0.2, 0) is 0 Å². The van der Waals surface area contributed by atoms with E-state index in [-0.39, 0.29) is 0 Å². The summed E-state index contributed by atoms with van der Waals surface area (Å²) in [5.41, 5.74) is 3.62. The van der Waals surface area contributed by atoms with E-state index in [0.717, 1.165) is 5.69 Å². The SMILES string of the molecule is Cc1cc(C)cc(Nc2nccc(C#N)n2)c1. The summed E-state index contributed by atoms with van der Waals surface area (Å²) < 4.78 is 0. The summed E-state index contributed by atoms with van der Waals surface area (Å²) in [5, 5.41) is 11.8.